The maximum Gasteiger partial charge on any atom is 0.335 e. The van der Waals surface area contributed by atoms with Crippen LogP contribution >= 0.6 is 0 Å². The molecule has 18 heavy (non-hydrogen) atoms. The molecule has 0 radical (unpaired) electrons. The summed E-state index contributed by atoms with van der Waals surface area (Å²) >= 11 is 0. The minimum Gasteiger partial charge on any atom is -0.478 e. The van der Waals surface area contributed by atoms with Gasteiger partial charge in [0.15, 0.2) is 0 Å². The number of hydrogen-bond donors (Lipinski definition) is 3. The van der Waals surface area contributed by atoms with Crippen molar-refractivity contribution >= 4 is 5.97 Å². The summed E-state index contributed by atoms with van der Waals surface area (Å²) in [6.45, 7) is 5.30. The summed E-state index contributed by atoms with van der Waals surface area (Å²) in [4.78, 5) is 10.8. The molecule has 0 amide bonds. The Labute approximate surface area is 107 Å². The molecule has 1 fully saturated rings. The summed E-state index contributed by atoms with van der Waals surface area (Å²) in [6, 6.07) is 7.68. The average molecular weight is 248 g/mol. The van der Waals surface area contributed by atoms with Crippen LogP contribution in [0.1, 0.15) is 22.8 Å². The summed E-state index contributed by atoms with van der Waals surface area (Å²) in [5.41, 5.74) is 1.55. The Morgan fingerprint density at radius 3 is 2.67 bits per heavy atom. The first kappa shape index (κ1) is 13.1. The second-order valence-corrected chi connectivity index (χ2v) is 4.95. The summed E-state index contributed by atoms with van der Waals surface area (Å²) < 4.78 is 0. The lowest BCUT2D eigenvalue weighted by molar-refractivity contribution is 0.0697. The van der Waals surface area contributed by atoms with Crippen LogP contribution in [0.4, 0.5) is 0 Å². The molecule has 0 spiro atoms. The van der Waals surface area contributed by atoms with Gasteiger partial charge >= 0.3 is 5.97 Å². The first-order valence-electron chi connectivity index (χ1n) is 6.43. The number of carbonyl (C=O) groups is 1. The van der Waals surface area contributed by atoms with Gasteiger partial charge < -0.3 is 15.7 Å². The van der Waals surface area contributed by atoms with Crippen LogP contribution in [0.3, 0.4) is 0 Å². The lowest BCUT2D eigenvalue weighted by Gasteiger charge is -2.29. The molecule has 1 unspecified atom stereocenters. The van der Waals surface area contributed by atoms with E-state index in [2.05, 4.69) is 17.6 Å². The van der Waals surface area contributed by atoms with Gasteiger partial charge in [0, 0.05) is 25.7 Å². The van der Waals surface area contributed by atoms with Crippen molar-refractivity contribution in [3.8, 4) is 0 Å². The van der Waals surface area contributed by atoms with Gasteiger partial charge in [0.1, 0.15) is 0 Å². The van der Waals surface area contributed by atoms with Gasteiger partial charge in [-0.2, -0.15) is 0 Å². The highest BCUT2D eigenvalue weighted by Gasteiger charge is 2.19. The van der Waals surface area contributed by atoms with E-state index in [9.17, 15) is 4.79 Å². The lowest BCUT2D eigenvalue weighted by atomic mass is 9.92. The highest BCUT2D eigenvalue weighted by atomic mass is 16.4. The molecular formula is C14H20N2O2. The van der Waals surface area contributed by atoms with Crippen LogP contribution in [0.25, 0.3) is 0 Å². The van der Waals surface area contributed by atoms with Crippen molar-refractivity contribution < 1.29 is 9.90 Å². The molecule has 2 atom stereocenters. The fourth-order valence-electron chi connectivity index (χ4n) is 2.38. The number of aromatic carboxylic acids is 1. The quantitative estimate of drug-likeness (QED) is 0.747. The predicted molar refractivity (Wildman–Crippen MR) is 70.9 cm³/mol. The van der Waals surface area contributed by atoms with Gasteiger partial charge in [-0.25, -0.2) is 4.79 Å². The average Bonchev–Trinajstić information content (AvgIpc) is 2.40. The molecule has 98 valence electrons. The molecule has 1 aliphatic heterocycles. The molecule has 0 aliphatic carbocycles. The zero-order chi connectivity index (χ0) is 13.0. The van der Waals surface area contributed by atoms with E-state index >= 15 is 0 Å². The molecule has 4 heteroatoms. The second kappa shape index (κ2) is 5.98. The Balaban J connectivity index is 1.93. The van der Waals surface area contributed by atoms with Crippen LogP contribution in [-0.2, 0) is 6.42 Å². The molecule has 1 aliphatic rings. The minimum atomic E-state index is -0.868. The van der Waals surface area contributed by atoms with Crippen LogP contribution in [0, 0.1) is 5.92 Å². The Bertz CT molecular complexity index is 397. The molecule has 1 aromatic carbocycles. The van der Waals surface area contributed by atoms with Crippen molar-refractivity contribution in [2.45, 2.75) is 19.4 Å². The van der Waals surface area contributed by atoms with Crippen LogP contribution in [0.15, 0.2) is 24.3 Å². The van der Waals surface area contributed by atoms with Crippen LogP contribution < -0.4 is 10.6 Å². The van der Waals surface area contributed by atoms with Gasteiger partial charge in [-0.3, -0.25) is 0 Å². The van der Waals surface area contributed by atoms with E-state index in [1.807, 2.05) is 12.1 Å². The molecule has 0 bridgehead atoms. The Morgan fingerprint density at radius 2 is 2.11 bits per heavy atom. The van der Waals surface area contributed by atoms with Gasteiger partial charge in [0.25, 0.3) is 0 Å². The molecule has 1 heterocycles. The summed E-state index contributed by atoms with van der Waals surface area (Å²) in [7, 11) is 0. The second-order valence-electron chi connectivity index (χ2n) is 4.95. The minimum absolute atomic E-state index is 0.351. The van der Waals surface area contributed by atoms with Gasteiger partial charge in [0.2, 0.25) is 0 Å². The SMILES string of the molecule is C[C@@H](Cc1ccc(C(=O)O)cc1)C1CNCCN1. The molecule has 2 rings (SSSR count). The Kier molecular flexibility index (Phi) is 4.33. The van der Waals surface area contributed by atoms with Crippen molar-refractivity contribution in [1.29, 1.82) is 0 Å². The third-order valence-corrected chi connectivity index (χ3v) is 3.52. The number of piperazine rings is 1. The monoisotopic (exact) mass is 248 g/mol. The number of nitrogens with one attached hydrogen (secondary N) is 2. The van der Waals surface area contributed by atoms with Crippen LogP contribution in [-0.4, -0.2) is 36.8 Å². The molecule has 4 nitrogen and oxygen atoms in total. The van der Waals surface area contributed by atoms with E-state index < -0.39 is 5.97 Å². The van der Waals surface area contributed by atoms with E-state index in [4.69, 9.17) is 5.11 Å². The highest BCUT2D eigenvalue weighted by Crippen LogP contribution is 2.14. The zero-order valence-electron chi connectivity index (χ0n) is 10.6. The number of carboxylic acids is 1. The Morgan fingerprint density at radius 1 is 1.39 bits per heavy atom. The van der Waals surface area contributed by atoms with E-state index in [1.54, 1.807) is 12.1 Å². The lowest BCUT2D eigenvalue weighted by Crippen LogP contribution is -2.51. The molecule has 3 N–H and O–H groups in total. The van der Waals surface area contributed by atoms with E-state index in [-0.39, 0.29) is 0 Å². The first-order valence-corrected chi connectivity index (χ1v) is 6.43. The zero-order valence-corrected chi connectivity index (χ0v) is 10.6. The number of benzene rings is 1. The van der Waals surface area contributed by atoms with Crippen LogP contribution in [0.2, 0.25) is 0 Å². The number of carboxylic acid groups (broad SMARTS) is 1. The van der Waals surface area contributed by atoms with Crippen molar-refractivity contribution in [2.75, 3.05) is 19.6 Å². The fraction of sp³-hybridized carbons (Fsp3) is 0.500. The molecule has 0 aromatic heterocycles. The normalized spacial score (nSPS) is 21.5. The summed E-state index contributed by atoms with van der Waals surface area (Å²) in [6.07, 6.45) is 0.971. The Hall–Kier alpha value is -1.39. The van der Waals surface area contributed by atoms with Gasteiger partial charge in [0.05, 0.1) is 5.56 Å². The molecular weight excluding hydrogens is 228 g/mol. The molecule has 1 saturated heterocycles. The highest BCUT2D eigenvalue weighted by molar-refractivity contribution is 5.87. The van der Waals surface area contributed by atoms with Gasteiger partial charge in [-0.1, -0.05) is 19.1 Å². The summed E-state index contributed by atoms with van der Waals surface area (Å²) in [5.74, 6) is -0.332. The third kappa shape index (κ3) is 3.31. The van der Waals surface area contributed by atoms with Gasteiger partial charge in [-0.15, -0.1) is 0 Å². The van der Waals surface area contributed by atoms with Crippen molar-refractivity contribution in [3.05, 3.63) is 35.4 Å². The maximum atomic E-state index is 10.8. The maximum absolute atomic E-state index is 10.8. The standard InChI is InChI=1S/C14H20N2O2/c1-10(13-9-15-6-7-16-13)8-11-2-4-12(5-3-11)14(17)18/h2-5,10,13,15-16H,6-9H2,1H3,(H,17,18)/t10-,13?/m0/s1. The molecule has 1 aromatic rings. The fourth-order valence-corrected chi connectivity index (χ4v) is 2.38. The van der Waals surface area contributed by atoms with E-state index in [0.717, 1.165) is 26.1 Å². The third-order valence-electron chi connectivity index (χ3n) is 3.52. The number of rotatable bonds is 4. The molecule has 0 saturated carbocycles. The van der Waals surface area contributed by atoms with Crippen molar-refractivity contribution in [2.24, 2.45) is 5.92 Å². The van der Waals surface area contributed by atoms with E-state index in [1.165, 1.54) is 5.56 Å². The predicted octanol–water partition coefficient (Wildman–Crippen LogP) is 1.12. The smallest absolute Gasteiger partial charge is 0.335 e. The number of hydrogen-bond acceptors (Lipinski definition) is 3. The van der Waals surface area contributed by atoms with Crippen LogP contribution in [0.5, 0.6) is 0 Å². The van der Waals surface area contributed by atoms with Crippen molar-refractivity contribution in [3.63, 3.8) is 0 Å². The summed E-state index contributed by atoms with van der Waals surface area (Å²) in [5, 5.41) is 15.7. The van der Waals surface area contributed by atoms with Crippen molar-refractivity contribution in [1.82, 2.24) is 10.6 Å². The largest absolute Gasteiger partial charge is 0.478 e. The van der Waals surface area contributed by atoms with Gasteiger partial charge in [-0.05, 0) is 30.0 Å². The topological polar surface area (TPSA) is 61.4 Å². The first-order chi connectivity index (χ1) is 8.66. The van der Waals surface area contributed by atoms with E-state index in [0.29, 0.717) is 17.5 Å².